The van der Waals surface area contributed by atoms with Gasteiger partial charge < -0.3 is 10.1 Å². The molecular weight excluding hydrogens is 367 g/mol. The molecule has 0 bridgehead atoms. The normalized spacial score (nSPS) is 12.0. The van der Waals surface area contributed by atoms with E-state index in [2.05, 4.69) is 5.32 Å². The van der Waals surface area contributed by atoms with Crippen LogP contribution in [0.15, 0.2) is 42.5 Å². The highest BCUT2D eigenvalue weighted by Crippen LogP contribution is 2.28. The number of ether oxygens (including phenoxy) is 1. The number of thiophene rings is 1. The molecule has 0 radical (unpaired) electrons. The first kappa shape index (κ1) is 17.9. The number of carbonyl (C=O) groups is 2. The van der Waals surface area contributed by atoms with Crippen molar-refractivity contribution in [1.82, 2.24) is 0 Å². The lowest BCUT2D eigenvalue weighted by molar-refractivity contribution is -0.123. The highest BCUT2D eigenvalue weighted by molar-refractivity contribution is 7.20. The number of carbonyl (C=O) groups excluding carboxylic acids is 2. The molecule has 0 spiro atoms. The number of anilines is 1. The summed E-state index contributed by atoms with van der Waals surface area (Å²) in [5.74, 6) is -3.77. The zero-order valence-electron chi connectivity index (χ0n) is 13.4. The lowest BCUT2D eigenvalue weighted by Gasteiger charge is -2.13. The van der Waals surface area contributed by atoms with E-state index in [-0.39, 0.29) is 16.0 Å². The first-order valence-electron chi connectivity index (χ1n) is 7.50. The lowest BCUT2D eigenvalue weighted by atomic mass is 10.2. The van der Waals surface area contributed by atoms with Crippen LogP contribution in [0.25, 0.3) is 10.1 Å². The second kappa shape index (κ2) is 7.17. The summed E-state index contributed by atoms with van der Waals surface area (Å²) in [4.78, 5) is 24.3. The Kier molecular flexibility index (Phi) is 4.94. The molecule has 3 aromatic rings. The number of esters is 1. The molecule has 4 nitrogen and oxygen atoms in total. The van der Waals surface area contributed by atoms with E-state index in [1.165, 1.54) is 25.1 Å². The van der Waals surface area contributed by atoms with E-state index in [0.717, 1.165) is 23.5 Å². The van der Waals surface area contributed by atoms with Crippen molar-refractivity contribution in [1.29, 1.82) is 0 Å². The van der Waals surface area contributed by atoms with Gasteiger partial charge in [-0.15, -0.1) is 11.3 Å². The highest BCUT2D eigenvalue weighted by atomic mass is 32.1. The molecule has 1 heterocycles. The van der Waals surface area contributed by atoms with Gasteiger partial charge in [-0.2, -0.15) is 0 Å². The summed E-state index contributed by atoms with van der Waals surface area (Å²) in [6.07, 6.45) is -1.23. The van der Waals surface area contributed by atoms with Gasteiger partial charge in [0.1, 0.15) is 22.3 Å². The second-order valence-corrected chi connectivity index (χ2v) is 6.51. The molecule has 1 amide bonds. The maximum absolute atomic E-state index is 13.7. The number of hydrogen-bond acceptors (Lipinski definition) is 4. The molecule has 26 heavy (non-hydrogen) atoms. The second-order valence-electron chi connectivity index (χ2n) is 5.42. The Bertz CT molecular complexity index is 1000. The smallest absolute Gasteiger partial charge is 0.349 e. The minimum Gasteiger partial charge on any atom is -0.448 e. The SMILES string of the molecule is C[C@H](OC(=O)c1cc2c(F)cccc2s1)C(=O)Nc1ccc(F)cc1F. The van der Waals surface area contributed by atoms with Gasteiger partial charge in [0.25, 0.3) is 5.91 Å². The van der Waals surface area contributed by atoms with E-state index in [0.29, 0.717) is 10.8 Å². The molecule has 3 rings (SSSR count). The fraction of sp³-hybridized carbons (Fsp3) is 0.111. The number of hydrogen-bond donors (Lipinski definition) is 1. The Morgan fingerprint density at radius 1 is 1.08 bits per heavy atom. The molecule has 0 unspecified atom stereocenters. The van der Waals surface area contributed by atoms with E-state index >= 15 is 0 Å². The number of benzene rings is 2. The van der Waals surface area contributed by atoms with Gasteiger partial charge in [-0.3, -0.25) is 4.79 Å². The van der Waals surface area contributed by atoms with E-state index < -0.39 is 35.4 Å². The Morgan fingerprint density at radius 2 is 1.85 bits per heavy atom. The van der Waals surface area contributed by atoms with Gasteiger partial charge in [-0.05, 0) is 37.3 Å². The molecule has 0 aliphatic heterocycles. The van der Waals surface area contributed by atoms with Gasteiger partial charge in [0.05, 0.1) is 5.69 Å². The summed E-state index contributed by atoms with van der Waals surface area (Å²) in [6.45, 7) is 1.31. The average Bonchev–Trinajstić information content (AvgIpc) is 3.03. The summed E-state index contributed by atoms with van der Waals surface area (Å²) in [5.41, 5.74) is -0.233. The van der Waals surface area contributed by atoms with Crippen molar-refractivity contribution in [3.63, 3.8) is 0 Å². The van der Waals surface area contributed by atoms with Gasteiger partial charge in [-0.25, -0.2) is 18.0 Å². The van der Waals surface area contributed by atoms with Crippen molar-refractivity contribution in [2.75, 3.05) is 5.32 Å². The predicted molar refractivity (Wildman–Crippen MR) is 91.6 cm³/mol. The van der Waals surface area contributed by atoms with Gasteiger partial charge in [-0.1, -0.05) is 6.07 Å². The van der Waals surface area contributed by atoms with Crippen LogP contribution in [-0.2, 0) is 9.53 Å². The quantitative estimate of drug-likeness (QED) is 0.679. The monoisotopic (exact) mass is 379 g/mol. The number of fused-ring (bicyclic) bond motifs is 1. The largest absolute Gasteiger partial charge is 0.448 e. The standard InChI is InChI=1S/C18H12F3NO3S/c1-9(17(23)22-14-6-5-10(19)7-13(14)21)25-18(24)16-8-11-12(20)3-2-4-15(11)26-16/h2-9H,1H3,(H,22,23)/t9-/m0/s1. The molecule has 8 heteroatoms. The fourth-order valence-corrected chi connectivity index (χ4v) is 3.18. The lowest BCUT2D eigenvalue weighted by Crippen LogP contribution is -2.30. The van der Waals surface area contributed by atoms with Crippen LogP contribution in [0, 0.1) is 17.5 Å². The van der Waals surface area contributed by atoms with Crippen molar-refractivity contribution in [2.45, 2.75) is 13.0 Å². The summed E-state index contributed by atoms with van der Waals surface area (Å²) >= 11 is 1.03. The van der Waals surface area contributed by atoms with E-state index in [1.54, 1.807) is 6.07 Å². The molecule has 1 N–H and O–H groups in total. The predicted octanol–water partition coefficient (Wildman–Crippen LogP) is 4.50. The molecule has 1 atom stereocenters. The van der Waals surface area contributed by atoms with Crippen molar-refractivity contribution >= 4 is 39.0 Å². The number of amides is 1. The van der Waals surface area contributed by atoms with Crippen molar-refractivity contribution in [3.8, 4) is 0 Å². The molecule has 0 saturated carbocycles. The van der Waals surface area contributed by atoms with Crippen LogP contribution in [0.3, 0.4) is 0 Å². The molecule has 0 saturated heterocycles. The number of rotatable bonds is 4. The topological polar surface area (TPSA) is 55.4 Å². The maximum atomic E-state index is 13.7. The van der Waals surface area contributed by atoms with Crippen molar-refractivity contribution in [2.24, 2.45) is 0 Å². The third-order valence-corrected chi connectivity index (χ3v) is 4.63. The van der Waals surface area contributed by atoms with Crippen LogP contribution in [0.5, 0.6) is 0 Å². The fourth-order valence-electron chi connectivity index (χ4n) is 2.22. The molecule has 0 aliphatic carbocycles. The minimum atomic E-state index is -1.23. The number of halogens is 3. The first-order chi connectivity index (χ1) is 12.3. The Labute approximate surface area is 150 Å². The van der Waals surface area contributed by atoms with E-state index in [9.17, 15) is 22.8 Å². The summed E-state index contributed by atoms with van der Waals surface area (Å²) in [7, 11) is 0. The molecule has 0 aliphatic rings. The zero-order valence-corrected chi connectivity index (χ0v) is 14.2. The summed E-state index contributed by atoms with van der Waals surface area (Å²) in [5, 5.41) is 2.50. The molecule has 1 aromatic heterocycles. The molecule has 134 valence electrons. The Balaban J connectivity index is 1.69. The van der Waals surface area contributed by atoms with Gasteiger partial charge in [0.2, 0.25) is 0 Å². The Morgan fingerprint density at radius 3 is 2.54 bits per heavy atom. The van der Waals surface area contributed by atoms with Crippen molar-refractivity contribution in [3.05, 3.63) is 64.8 Å². The highest BCUT2D eigenvalue weighted by Gasteiger charge is 2.22. The van der Waals surface area contributed by atoms with Gasteiger partial charge in [0, 0.05) is 16.2 Å². The minimum absolute atomic E-state index is 0.137. The molecule has 2 aromatic carbocycles. The third-order valence-electron chi connectivity index (χ3n) is 3.55. The summed E-state index contributed by atoms with van der Waals surface area (Å²) in [6, 6.07) is 8.48. The first-order valence-corrected chi connectivity index (χ1v) is 8.32. The van der Waals surface area contributed by atoms with Crippen LogP contribution in [0.2, 0.25) is 0 Å². The zero-order chi connectivity index (χ0) is 18.8. The van der Waals surface area contributed by atoms with Gasteiger partial charge >= 0.3 is 5.97 Å². The average molecular weight is 379 g/mol. The van der Waals surface area contributed by atoms with E-state index in [4.69, 9.17) is 4.74 Å². The van der Waals surface area contributed by atoms with Crippen molar-refractivity contribution < 1.29 is 27.5 Å². The van der Waals surface area contributed by atoms with Gasteiger partial charge in [0.15, 0.2) is 6.10 Å². The number of nitrogens with one attached hydrogen (secondary N) is 1. The molecule has 0 fully saturated rings. The van der Waals surface area contributed by atoms with Crippen LogP contribution in [-0.4, -0.2) is 18.0 Å². The molecular formula is C18H12F3NO3S. The summed E-state index contributed by atoms with van der Waals surface area (Å²) < 4.78 is 45.7. The third kappa shape index (κ3) is 3.70. The van der Waals surface area contributed by atoms with Crippen LogP contribution >= 0.6 is 11.3 Å². The van der Waals surface area contributed by atoms with Crippen LogP contribution in [0.4, 0.5) is 18.9 Å². The van der Waals surface area contributed by atoms with Crippen LogP contribution < -0.4 is 5.32 Å². The van der Waals surface area contributed by atoms with Crippen LogP contribution in [0.1, 0.15) is 16.6 Å². The maximum Gasteiger partial charge on any atom is 0.349 e. The Hall–Kier alpha value is -2.87. The van der Waals surface area contributed by atoms with E-state index in [1.807, 2.05) is 0 Å².